The summed E-state index contributed by atoms with van der Waals surface area (Å²) >= 11 is 0. The van der Waals surface area contributed by atoms with Crippen molar-refractivity contribution in [3.8, 4) is 11.7 Å². The molecule has 4 unspecified atom stereocenters. The Morgan fingerprint density at radius 2 is 1.85 bits per heavy atom. The van der Waals surface area contributed by atoms with Crippen LogP contribution in [0, 0.1) is 5.41 Å². The van der Waals surface area contributed by atoms with Gasteiger partial charge in [-0.2, -0.15) is 0 Å². The van der Waals surface area contributed by atoms with Crippen molar-refractivity contribution in [1.29, 1.82) is 0 Å². The minimum absolute atomic E-state index is 0.0143. The lowest BCUT2D eigenvalue weighted by atomic mass is 9.86. The van der Waals surface area contributed by atoms with Crippen molar-refractivity contribution in [3.63, 3.8) is 0 Å². The molecular weight excluding hydrogens is 612 g/mol. The second-order valence-corrected chi connectivity index (χ2v) is 15.1. The van der Waals surface area contributed by atoms with Crippen LogP contribution in [0.3, 0.4) is 0 Å². The van der Waals surface area contributed by atoms with Gasteiger partial charge in [0.25, 0.3) is 5.91 Å². The third kappa shape index (κ3) is 6.75. The first kappa shape index (κ1) is 33.0. The van der Waals surface area contributed by atoms with E-state index >= 15 is 0 Å². The van der Waals surface area contributed by atoms with Gasteiger partial charge in [0.15, 0.2) is 5.82 Å². The highest BCUT2D eigenvalue weighted by molar-refractivity contribution is 7.90. The van der Waals surface area contributed by atoms with Crippen molar-refractivity contribution in [2.75, 3.05) is 6.54 Å². The minimum atomic E-state index is -3.88. The van der Waals surface area contributed by atoms with Crippen LogP contribution in [-0.2, 0) is 24.4 Å². The van der Waals surface area contributed by atoms with Gasteiger partial charge in [-0.15, -0.1) is 16.8 Å². The molecule has 1 aliphatic heterocycles. The van der Waals surface area contributed by atoms with Gasteiger partial charge in [-0.1, -0.05) is 45.0 Å². The number of carbonyl (C=O) groups is 3. The molecule has 1 saturated heterocycles. The Kier molecular flexibility index (Phi) is 8.92. The van der Waals surface area contributed by atoms with Gasteiger partial charge in [0.05, 0.1) is 17.8 Å². The lowest BCUT2D eigenvalue weighted by molar-refractivity contribution is -0.142. The third-order valence-corrected chi connectivity index (χ3v) is 10.2. The molecule has 3 aromatic rings. The highest BCUT2D eigenvalue weighted by Gasteiger charge is 2.47. The first-order valence-electron chi connectivity index (χ1n) is 15.1. The van der Waals surface area contributed by atoms with Gasteiger partial charge < -0.3 is 20.7 Å². The molecule has 2 aromatic heterocycles. The van der Waals surface area contributed by atoms with E-state index in [1.54, 1.807) is 23.3 Å². The number of nitrogens with one attached hydrogen (secondary N) is 2. The lowest BCUT2D eigenvalue weighted by Crippen LogP contribution is -2.62. The number of likely N-dealkylation sites (tertiary alicyclic amines) is 1. The molecule has 1 aliphatic carbocycles. The fourth-order valence-corrected chi connectivity index (χ4v) is 6.76. The molecule has 246 valence electrons. The van der Waals surface area contributed by atoms with Gasteiger partial charge in [-0.05, 0) is 37.7 Å². The molecule has 0 radical (unpaired) electrons. The number of carbonyl (C=O) groups excluding carboxylic acids is 3. The van der Waals surface area contributed by atoms with Crippen LogP contribution in [0.5, 0.6) is 5.88 Å². The van der Waals surface area contributed by atoms with Crippen molar-refractivity contribution in [2.24, 2.45) is 11.1 Å². The predicted octanol–water partition coefficient (Wildman–Crippen LogP) is 1.60. The van der Waals surface area contributed by atoms with Crippen LogP contribution >= 0.6 is 0 Å². The Morgan fingerprint density at radius 1 is 1.15 bits per heavy atom. The Morgan fingerprint density at radius 3 is 2.46 bits per heavy atom. The first-order valence-corrected chi connectivity index (χ1v) is 16.6. The van der Waals surface area contributed by atoms with Crippen molar-refractivity contribution in [1.82, 2.24) is 34.7 Å². The Bertz CT molecular complexity index is 1750. The van der Waals surface area contributed by atoms with E-state index in [1.165, 1.54) is 17.9 Å². The van der Waals surface area contributed by atoms with Crippen LogP contribution in [0.1, 0.15) is 53.4 Å². The second-order valence-electron chi connectivity index (χ2n) is 13.2. The number of ether oxygens (including phenoxy) is 1. The minimum Gasteiger partial charge on any atom is -0.471 e. The van der Waals surface area contributed by atoms with Gasteiger partial charge in [-0.25, -0.2) is 13.4 Å². The summed E-state index contributed by atoms with van der Waals surface area (Å²) in [6.07, 6.45) is 6.66. The van der Waals surface area contributed by atoms with E-state index in [9.17, 15) is 22.8 Å². The van der Waals surface area contributed by atoms with Gasteiger partial charge in [0.1, 0.15) is 24.0 Å². The molecule has 4 N–H and O–H groups in total. The largest absolute Gasteiger partial charge is 0.471 e. The van der Waals surface area contributed by atoms with E-state index < -0.39 is 62.1 Å². The average Bonchev–Trinajstić information content (AvgIpc) is 3.57. The Labute approximate surface area is 267 Å². The van der Waals surface area contributed by atoms with Crippen molar-refractivity contribution < 1.29 is 27.5 Å². The molecule has 14 nitrogen and oxygen atoms in total. The SMILES string of the molecule is C=CCC(C)(NC(=O)C1CC(Oc2nnc(-n3ccnc3)c3ccccc23)CN1C(=O)C(N)C(C)(C)C)C(=O)NS(=O)(=O)C1CC1. The van der Waals surface area contributed by atoms with Crippen LogP contribution in [0.2, 0.25) is 0 Å². The zero-order valence-electron chi connectivity index (χ0n) is 26.3. The number of aromatic nitrogens is 4. The summed E-state index contributed by atoms with van der Waals surface area (Å²) in [5.41, 5.74) is 4.09. The van der Waals surface area contributed by atoms with E-state index in [-0.39, 0.29) is 25.3 Å². The number of benzene rings is 1. The number of rotatable bonds is 11. The summed E-state index contributed by atoms with van der Waals surface area (Å²) in [7, 11) is -3.88. The van der Waals surface area contributed by atoms with Crippen LogP contribution in [0.25, 0.3) is 16.6 Å². The zero-order valence-corrected chi connectivity index (χ0v) is 27.2. The van der Waals surface area contributed by atoms with Gasteiger partial charge in [0.2, 0.25) is 27.7 Å². The van der Waals surface area contributed by atoms with Gasteiger partial charge >= 0.3 is 0 Å². The summed E-state index contributed by atoms with van der Waals surface area (Å²) in [6, 6.07) is 5.41. The van der Waals surface area contributed by atoms with Gasteiger partial charge in [-0.3, -0.25) is 23.7 Å². The molecule has 0 spiro atoms. The summed E-state index contributed by atoms with van der Waals surface area (Å²) in [4.78, 5) is 46.4. The fraction of sp³-hybridized carbons (Fsp3) is 0.484. The molecule has 15 heteroatoms. The topological polar surface area (TPSA) is 191 Å². The molecule has 2 aliphatic rings. The van der Waals surface area contributed by atoms with Gasteiger partial charge in [0, 0.05) is 29.6 Å². The second kappa shape index (κ2) is 12.4. The third-order valence-electron chi connectivity index (χ3n) is 8.36. The van der Waals surface area contributed by atoms with E-state index in [0.29, 0.717) is 24.0 Å². The number of hydrogen-bond donors (Lipinski definition) is 3. The van der Waals surface area contributed by atoms with E-state index in [2.05, 4.69) is 31.8 Å². The summed E-state index contributed by atoms with van der Waals surface area (Å²) in [6.45, 7) is 10.6. The van der Waals surface area contributed by atoms with Crippen molar-refractivity contribution in [2.45, 2.75) is 82.4 Å². The lowest BCUT2D eigenvalue weighted by Gasteiger charge is -2.34. The van der Waals surface area contributed by atoms with Crippen LogP contribution in [0.15, 0.2) is 55.6 Å². The quantitative estimate of drug-likeness (QED) is 0.256. The highest BCUT2D eigenvalue weighted by atomic mass is 32.2. The van der Waals surface area contributed by atoms with E-state index in [1.807, 2.05) is 45.0 Å². The Balaban J connectivity index is 1.42. The molecule has 46 heavy (non-hydrogen) atoms. The average molecular weight is 653 g/mol. The number of sulfonamides is 1. The standard InChI is InChI=1S/C31H40N8O6S/c1-6-13-31(5,29(42)37-46(43,44)20-11-12-20)34-26(40)23-16-19(17-39(23)28(41)24(32)30(2,3)4)45-27-22-10-8-7-9-21(22)25(35-36-27)38-15-14-33-18-38/h6-10,14-15,18-20,23-24H,1,11-13,16-17,32H2,2-5H3,(H,34,40)(H,37,42). The number of nitrogens with zero attached hydrogens (tertiary/aromatic N) is 5. The number of nitrogens with two attached hydrogens (primary N) is 1. The number of fused-ring (bicyclic) bond motifs is 1. The summed E-state index contributed by atoms with van der Waals surface area (Å²) in [5, 5.41) is 12.2. The highest BCUT2D eigenvalue weighted by Crippen LogP contribution is 2.32. The van der Waals surface area contributed by atoms with Crippen molar-refractivity contribution in [3.05, 3.63) is 55.6 Å². The van der Waals surface area contributed by atoms with E-state index in [4.69, 9.17) is 10.5 Å². The monoisotopic (exact) mass is 652 g/mol. The molecular formula is C31H40N8O6S. The van der Waals surface area contributed by atoms with Crippen LogP contribution in [0.4, 0.5) is 0 Å². The van der Waals surface area contributed by atoms with E-state index in [0.717, 1.165) is 5.39 Å². The zero-order chi connectivity index (χ0) is 33.4. The number of imidazole rings is 1. The smallest absolute Gasteiger partial charge is 0.259 e. The van der Waals surface area contributed by atoms with Crippen molar-refractivity contribution >= 4 is 38.5 Å². The maximum absolute atomic E-state index is 13.9. The molecule has 5 rings (SSSR count). The molecule has 3 amide bonds. The summed E-state index contributed by atoms with van der Waals surface area (Å²) < 4.78 is 35.2. The van der Waals surface area contributed by atoms with Crippen LogP contribution in [-0.4, -0.2) is 86.3 Å². The molecule has 3 heterocycles. The fourth-order valence-electron chi connectivity index (χ4n) is 5.36. The first-order chi connectivity index (χ1) is 21.6. The molecule has 0 bridgehead atoms. The summed E-state index contributed by atoms with van der Waals surface area (Å²) in [5.74, 6) is -1.23. The maximum atomic E-state index is 13.9. The maximum Gasteiger partial charge on any atom is 0.259 e. The normalized spacial score (nSPS) is 20.5. The van der Waals surface area contributed by atoms with Crippen LogP contribution < -0.4 is 20.5 Å². The molecule has 1 aromatic carbocycles. The predicted molar refractivity (Wildman–Crippen MR) is 170 cm³/mol. The molecule has 1 saturated carbocycles. The molecule has 2 fully saturated rings. The number of hydrogen-bond acceptors (Lipinski definition) is 10. The molecule has 4 atom stereocenters. The Hall–Kier alpha value is -4.37. The number of amides is 3.